The standard InChI is InChI=1S/C24H26N2O4S/c1-18-9-15-23(16-10-18)31(28,29)26(3)21-11-13-22(14-12-21)30-17-24(27)25-19(2)20-7-5-4-6-8-20/h4-16,19H,17H2,1-3H3,(H,25,27)/t19-/m0/s1. The van der Waals surface area contributed by atoms with Gasteiger partial charge < -0.3 is 10.1 Å². The molecule has 0 unspecified atom stereocenters. The van der Waals surface area contributed by atoms with Crippen molar-refractivity contribution in [3.8, 4) is 5.75 Å². The minimum absolute atomic E-state index is 0.125. The van der Waals surface area contributed by atoms with E-state index < -0.39 is 10.0 Å². The molecule has 1 amide bonds. The average molecular weight is 439 g/mol. The van der Waals surface area contributed by atoms with Crippen molar-refractivity contribution < 1.29 is 17.9 Å². The zero-order chi connectivity index (χ0) is 22.4. The van der Waals surface area contributed by atoms with Crippen molar-refractivity contribution in [3.05, 3.63) is 90.0 Å². The monoisotopic (exact) mass is 438 g/mol. The molecule has 7 heteroatoms. The van der Waals surface area contributed by atoms with E-state index in [1.165, 1.54) is 11.4 Å². The predicted molar refractivity (Wildman–Crippen MR) is 122 cm³/mol. The number of sulfonamides is 1. The summed E-state index contributed by atoms with van der Waals surface area (Å²) in [6.45, 7) is 3.68. The quantitative estimate of drug-likeness (QED) is 0.575. The zero-order valence-electron chi connectivity index (χ0n) is 17.8. The molecule has 162 valence electrons. The number of carbonyl (C=O) groups excluding carboxylic acids is 1. The fraction of sp³-hybridized carbons (Fsp3) is 0.208. The summed E-state index contributed by atoms with van der Waals surface area (Å²) in [5.41, 5.74) is 2.50. The van der Waals surface area contributed by atoms with E-state index >= 15 is 0 Å². The van der Waals surface area contributed by atoms with Crippen molar-refractivity contribution >= 4 is 21.6 Å². The molecule has 3 rings (SSSR count). The number of nitrogens with one attached hydrogen (secondary N) is 1. The molecule has 3 aromatic carbocycles. The Kier molecular flexibility index (Phi) is 6.97. The lowest BCUT2D eigenvalue weighted by molar-refractivity contribution is -0.123. The number of hydrogen-bond acceptors (Lipinski definition) is 4. The topological polar surface area (TPSA) is 75.7 Å². The van der Waals surface area contributed by atoms with Gasteiger partial charge in [0.25, 0.3) is 15.9 Å². The second kappa shape index (κ2) is 9.66. The highest BCUT2D eigenvalue weighted by molar-refractivity contribution is 7.92. The van der Waals surface area contributed by atoms with Crippen LogP contribution in [0.2, 0.25) is 0 Å². The van der Waals surface area contributed by atoms with E-state index in [1.54, 1.807) is 48.5 Å². The van der Waals surface area contributed by atoms with E-state index in [4.69, 9.17) is 4.74 Å². The smallest absolute Gasteiger partial charge is 0.264 e. The Labute approximate surface area is 183 Å². The van der Waals surface area contributed by atoms with Crippen LogP contribution in [0.15, 0.2) is 83.8 Å². The number of anilines is 1. The minimum atomic E-state index is -3.66. The van der Waals surface area contributed by atoms with Gasteiger partial charge in [-0.2, -0.15) is 0 Å². The van der Waals surface area contributed by atoms with E-state index in [0.29, 0.717) is 11.4 Å². The van der Waals surface area contributed by atoms with Crippen molar-refractivity contribution in [2.24, 2.45) is 0 Å². The highest BCUT2D eigenvalue weighted by Gasteiger charge is 2.21. The lowest BCUT2D eigenvalue weighted by Crippen LogP contribution is -2.31. The summed E-state index contributed by atoms with van der Waals surface area (Å²) in [4.78, 5) is 12.4. The number of ether oxygens (including phenoxy) is 1. The van der Waals surface area contributed by atoms with E-state index in [9.17, 15) is 13.2 Å². The van der Waals surface area contributed by atoms with Crippen LogP contribution in [-0.2, 0) is 14.8 Å². The molecule has 1 atom stereocenters. The van der Waals surface area contributed by atoms with E-state index in [0.717, 1.165) is 11.1 Å². The molecule has 0 aliphatic rings. The molecule has 1 N–H and O–H groups in total. The maximum atomic E-state index is 12.8. The Bertz CT molecular complexity index is 1110. The van der Waals surface area contributed by atoms with Gasteiger partial charge in [-0.15, -0.1) is 0 Å². The fourth-order valence-corrected chi connectivity index (χ4v) is 4.21. The van der Waals surface area contributed by atoms with Crippen molar-refractivity contribution in [2.75, 3.05) is 18.0 Å². The summed E-state index contributed by atoms with van der Waals surface area (Å²) in [6, 6.07) is 22.8. The second-order valence-corrected chi connectivity index (χ2v) is 9.24. The van der Waals surface area contributed by atoms with Crippen LogP contribution >= 0.6 is 0 Å². The van der Waals surface area contributed by atoms with Gasteiger partial charge >= 0.3 is 0 Å². The van der Waals surface area contributed by atoms with Crippen LogP contribution in [0.4, 0.5) is 5.69 Å². The fourth-order valence-electron chi connectivity index (χ4n) is 3.02. The van der Waals surface area contributed by atoms with Gasteiger partial charge in [0.05, 0.1) is 16.6 Å². The summed E-state index contributed by atoms with van der Waals surface area (Å²) >= 11 is 0. The van der Waals surface area contributed by atoms with Gasteiger partial charge in [0.2, 0.25) is 0 Å². The van der Waals surface area contributed by atoms with Crippen LogP contribution in [0.5, 0.6) is 5.75 Å². The van der Waals surface area contributed by atoms with Crippen LogP contribution in [0.3, 0.4) is 0 Å². The summed E-state index contributed by atoms with van der Waals surface area (Å²) in [6.07, 6.45) is 0. The first kappa shape index (κ1) is 22.4. The van der Waals surface area contributed by atoms with Crippen molar-refractivity contribution in [2.45, 2.75) is 24.8 Å². The van der Waals surface area contributed by atoms with Gasteiger partial charge in [-0.05, 0) is 55.8 Å². The molecule has 3 aromatic rings. The zero-order valence-corrected chi connectivity index (χ0v) is 18.6. The summed E-state index contributed by atoms with van der Waals surface area (Å²) in [5, 5.41) is 2.89. The predicted octanol–water partition coefficient (Wildman–Crippen LogP) is 4.08. The maximum absolute atomic E-state index is 12.8. The molecule has 0 bridgehead atoms. The third-order valence-corrected chi connectivity index (χ3v) is 6.73. The minimum Gasteiger partial charge on any atom is -0.484 e. The first-order valence-corrected chi connectivity index (χ1v) is 11.3. The molecule has 0 spiro atoms. The van der Waals surface area contributed by atoms with Crippen LogP contribution in [0.25, 0.3) is 0 Å². The number of amides is 1. The Balaban J connectivity index is 1.58. The van der Waals surface area contributed by atoms with Gasteiger partial charge in [0, 0.05) is 7.05 Å². The number of rotatable bonds is 8. The lowest BCUT2D eigenvalue weighted by Gasteiger charge is -2.20. The molecular formula is C24H26N2O4S. The summed E-state index contributed by atoms with van der Waals surface area (Å²) < 4.78 is 32.4. The normalized spacial score (nSPS) is 12.1. The molecule has 0 aliphatic heterocycles. The number of aryl methyl sites for hydroxylation is 1. The average Bonchev–Trinajstić information content (AvgIpc) is 2.78. The number of benzene rings is 3. The van der Waals surface area contributed by atoms with Crippen LogP contribution in [0, 0.1) is 6.92 Å². The van der Waals surface area contributed by atoms with Crippen LogP contribution < -0.4 is 14.4 Å². The van der Waals surface area contributed by atoms with Crippen LogP contribution in [-0.4, -0.2) is 28.0 Å². The Morgan fingerprint density at radius 3 is 2.19 bits per heavy atom. The van der Waals surface area contributed by atoms with Gasteiger partial charge in [-0.25, -0.2) is 8.42 Å². The summed E-state index contributed by atoms with van der Waals surface area (Å²) in [7, 11) is -2.16. The Morgan fingerprint density at radius 2 is 1.58 bits per heavy atom. The second-order valence-electron chi connectivity index (χ2n) is 7.27. The lowest BCUT2D eigenvalue weighted by atomic mass is 10.1. The molecule has 0 saturated carbocycles. The van der Waals surface area contributed by atoms with Crippen molar-refractivity contribution in [1.29, 1.82) is 0 Å². The van der Waals surface area contributed by atoms with Gasteiger partial charge in [0.15, 0.2) is 6.61 Å². The first-order chi connectivity index (χ1) is 14.8. The molecular weight excluding hydrogens is 412 g/mol. The van der Waals surface area contributed by atoms with Crippen LogP contribution in [0.1, 0.15) is 24.1 Å². The molecule has 31 heavy (non-hydrogen) atoms. The summed E-state index contributed by atoms with van der Waals surface area (Å²) in [5.74, 6) is 0.242. The number of carbonyl (C=O) groups is 1. The molecule has 0 heterocycles. The Hall–Kier alpha value is -3.32. The molecule has 6 nitrogen and oxygen atoms in total. The third-order valence-electron chi connectivity index (χ3n) is 4.93. The highest BCUT2D eigenvalue weighted by Crippen LogP contribution is 2.24. The van der Waals surface area contributed by atoms with E-state index in [-0.39, 0.29) is 23.5 Å². The molecule has 0 aliphatic carbocycles. The van der Waals surface area contributed by atoms with E-state index in [2.05, 4.69) is 5.32 Å². The number of hydrogen-bond donors (Lipinski definition) is 1. The largest absolute Gasteiger partial charge is 0.484 e. The van der Waals surface area contributed by atoms with Crippen molar-refractivity contribution in [3.63, 3.8) is 0 Å². The number of nitrogens with zero attached hydrogens (tertiary/aromatic N) is 1. The first-order valence-electron chi connectivity index (χ1n) is 9.90. The van der Waals surface area contributed by atoms with Gasteiger partial charge in [-0.1, -0.05) is 48.0 Å². The van der Waals surface area contributed by atoms with Crippen molar-refractivity contribution in [1.82, 2.24) is 5.32 Å². The molecule has 0 aromatic heterocycles. The van der Waals surface area contributed by atoms with Gasteiger partial charge in [-0.3, -0.25) is 9.10 Å². The Morgan fingerprint density at radius 1 is 0.968 bits per heavy atom. The SMILES string of the molecule is Cc1ccc(S(=O)(=O)N(C)c2ccc(OCC(=O)N[C@@H](C)c3ccccc3)cc2)cc1. The van der Waals surface area contributed by atoms with Gasteiger partial charge in [0.1, 0.15) is 5.75 Å². The molecule has 0 fully saturated rings. The highest BCUT2D eigenvalue weighted by atomic mass is 32.2. The van der Waals surface area contributed by atoms with E-state index in [1.807, 2.05) is 44.2 Å². The third kappa shape index (κ3) is 5.64. The maximum Gasteiger partial charge on any atom is 0.264 e. The molecule has 0 saturated heterocycles. The molecule has 0 radical (unpaired) electrons.